The van der Waals surface area contributed by atoms with E-state index >= 15 is 0 Å². The maximum atomic E-state index is 12.3. The molecular weight excluding hydrogens is 347 g/mol. The molecule has 0 aliphatic rings. The minimum absolute atomic E-state index is 0.0949. The number of pyridine rings is 1. The number of carbonyl (C=O) groups is 1. The van der Waals surface area contributed by atoms with Crippen molar-refractivity contribution in [1.29, 1.82) is 0 Å². The highest BCUT2D eigenvalue weighted by atomic mass is 35.5. The number of imidazole rings is 1. The topological polar surface area (TPSA) is 70.7 Å². The predicted octanol–water partition coefficient (Wildman–Crippen LogP) is 4.86. The number of carbonyl (C=O) groups excluding carboxylic acids is 1. The minimum atomic E-state index is -0.410. The summed E-state index contributed by atoms with van der Waals surface area (Å²) in [6, 6.07) is 8.58. The van der Waals surface area contributed by atoms with Gasteiger partial charge < -0.3 is 10.3 Å². The van der Waals surface area contributed by atoms with Crippen LogP contribution in [0.2, 0.25) is 10.2 Å². The van der Waals surface area contributed by atoms with Gasteiger partial charge >= 0.3 is 0 Å². The normalized spacial score (nSPS) is 11.0. The number of hydrogen-bond donors (Lipinski definition) is 2. The molecule has 2 aromatic heterocycles. The minimum Gasteiger partial charge on any atom is -0.342 e. The number of rotatable bonds is 5. The Morgan fingerprint density at radius 3 is 2.83 bits per heavy atom. The number of unbranched alkanes of at least 4 members (excludes halogenated alkanes) is 1. The Morgan fingerprint density at radius 1 is 1.21 bits per heavy atom. The predicted molar refractivity (Wildman–Crippen MR) is 96.9 cm³/mol. The Labute approximate surface area is 149 Å². The van der Waals surface area contributed by atoms with E-state index in [-0.39, 0.29) is 15.9 Å². The summed E-state index contributed by atoms with van der Waals surface area (Å²) in [5, 5.41) is 3.25. The van der Waals surface area contributed by atoms with Crippen molar-refractivity contribution in [2.75, 3.05) is 5.32 Å². The Kier molecular flexibility index (Phi) is 5.02. The van der Waals surface area contributed by atoms with Gasteiger partial charge in [0, 0.05) is 12.1 Å². The quantitative estimate of drug-likeness (QED) is 0.636. The molecule has 0 aliphatic carbocycles. The van der Waals surface area contributed by atoms with Gasteiger partial charge in [-0.3, -0.25) is 4.79 Å². The molecule has 24 heavy (non-hydrogen) atoms. The molecule has 0 bridgehead atoms. The fourth-order valence-electron chi connectivity index (χ4n) is 2.37. The number of nitrogens with zero attached hydrogens (tertiary/aromatic N) is 2. The number of benzene rings is 1. The van der Waals surface area contributed by atoms with Crippen molar-refractivity contribution >= 4 is 45.8 Å². The average molecular weight is 363 g/mol. The SMILES string of the molecule is CCCCc1nc2ccc(NC(=O)c3nc(Cl)ccc3Cl)cc2[nH]1. The monoisotopic (exact) mass is 362 g/mol. The smallest absolute Gasteiger partial charge is 0.275 e. The molecule has 0 aliphatic heterocycles. The van der Waals surface area contributed by atoms with Crippen LogP contribution in [0.4, 0.5) is 5.69 Å². The van der Waals surface area contributed by atoms with E-state index in [0.29, 0.717) is 5.69 Å². The van der Waals surface area contributed by atoms with E-state index in [1.54, 1.807) is 12.1 Å². The van der Waals surface area contributed by atoms with Crippen molar-refractivity contribution in [3.05, 3.63) is 52.0 Å². The van der Waals surface area contributed by atoms with Gasteiger partial charge in [0.05, 0.1) is 16.1 Å². The zero-order chi connectivity index (χ0) is 17.1. The van der Waals surface area contributed by atoms with E-state index in [1.807, 2.05) is 12.1 Å². The van der Waals surface area contributed by atoms with Gasteiger partial charge in [0.2, 0.25) is 0 Å². The molecule has 0 saturated carbocycles. The number of amides is 1. The highest BCUT2D eigenvalue weighted by Crippen LogP contribution is 2.21. The Balaban J connectivity index is 1.81. The number of aromatic amines is 1. The molecule has 0 atom stereocenters. The summed E-state index contributed by atoms with van der Waals surface area (Å²) in [6.45, 7) is 2.14. The highest BCUT2D eigenvalue weighted by Gasteiger charge is 2.14. The lowest BCUT2D eigenvalue weighted by Crippen LogP contribution is -2.14. The van der Waals surface area contributed by atoms with Crippen LogP contribution in [0, 0.1) is 0 Å². The fourth-order valence-corrected chi connectivity index (χ4v) is 2.71. The van der Waals surface area contributed by atoms with Gasteiger partial charge in [0.25, 0.3) is 5.91 Å². The van der Waals surface area contributed by atoms with Gasteiger partial charge in [-0.05, 0) is 36.8 Å². The van der Waals surface area contributed by atoms with Gasteiger partial charge in [0.15, 0.2) is 0 Å². The standard InChI is InChI=1S/C17H16Cl2N4O/c1-2-3-4-15-21-12-7-5-10(9-13(12)22-15)20-17(24)16-11(18)6-8-14(19)23-16/h5-9H,2-4H2,1H3,(H,20,24)(H,21,22). The number of aromatic nitrogens is 3. The molecular formula is C17H16Cl2N4O. The third kappa shape index (κ3) is 3.68. The maximum Gasteiger partial charge on any atom is 0.275 e. The molecule has 0 radical (unpaired) electrons. The number of hydrogen-bond acceptors (Lipinski definition) is 3. The molecule has 5 nitrogen and oxygen atoms in total. The number of aryl methyl sites for hydroxylation is 1. The van der Waals surface area contributed by atoms with Crippen LogP contribution in [-0.2, 0) is 6.42 Å². The first-order valence-corrected chi connectivity index (χ1v) is 8.44. The molecule has 1 aromatic carbocycles. The fraction of sp³-hybridized carbons (Fsp3) is 0.235. The van der Waals surface area contributed by atoms with Crippen LogP contribution in [0.15, 0.2) is 30.3 Å². The second-order valence-corrected chi connectivity index (χ2v) is 6.23. The zero-order valence-electron chi connectivity index (χ0n) is 13.1. The summed E-state index contributed by atoms with van der Waals surface area (Å²) in [5.74, 6) is 0.544. The molecule has 3 aromatic rings. The summed E-state index contributed by atoms with van der Waals surface area (Å²) in [5.41, 5.74) is 2.48. The largest absolute Gasteiger partial charge is 0.342 e. The first-order chi connectivity index (χ1) is 11.6. The zero-order valence-corrected chi connectivity index (χ0v) is 14.6. The summed E-state index contributed by atoms with van der Waals surface area (Å²) in [4.78, 5) is 24.1. The summed E-state index contributed by atoms with van der Waals surface area (Å²) < 4.78 is 0. The third-order valence-electron chi connectivity index (χ3n) is 3.58. The molecule has 7 heteroatoms. The maximum absolute atomic E-state index is 12.3. The summed E-state index contributed by atoms with van der Waals surface area (Å²) in [6.07, 6.45) is 3.11. The first kappa shape index (κ1) is 16.7. The van der Waals surface area contributed by atoms with Crippen LogP contribution in [0.3, 0.4) is 0 Å². The molecule has 2 heterocycles. The van der Waals surface area contributed by atoms with Crippen molar-refractivity contribution in [3.63, 3.8) is 0 Å². The van der Waals surface area contributed by atoms with E-state index in [2.05, 4.69) is 27.2 Å². The second kappa shape index (κ2) is 7.20. The van der Waals surface area contributed by atoms with E-state index in [9.17, 15) is 4.79 Å². The van der Waals surface area contributed by atoms with Crippen molar-refractivity contribution < 1.29 is 4.79 Å². The molecule has 3 rings (SSSR count). The lowest BCUT2D eigenvalue weighted by molar-refractivity contribution is 0.102. The summed E-state index contributed by atoms with van der Waals surface area (Å²) in [7, 11) is 0. The molecule has 2 N–H and O–H groups in total. The molecule has 0 saturated heterocycles. The van der Waals surface area contributed by atoms with Gasteiger partial charge in [-0.1, -0.05) is 36.5 Å². The van der Waals surface area contributed by atoms with Crippen LogP contribution in [0.25, 0.3) is 11.0 Å². The number of H-pyrrole nitrogens is 1. The first-order valence-electron chi connectivity index (χ1n) is 7.69. The van der Waals surface area contributed by atoms with Crippen LogP contribution >= 0.6 is 23.2 Å². The average Bonchev–Trinajstić information content (AvgIpc) is 2.97. The molecule has 0 spiro atoms. The van der Waals surface area contributed by atoms with Crippen LogP contribution in [-0.4, -0.2) is 20.9 Å². The number of halogens is 2. The number of fused-ring (bicyclic) bond motifs is 1. The highest BCUT2D eigenvalue weighted by molar-refractivity contribution is 6.35. The van der Waals surface area contributed by atoms with E-state index in [0.717, 1.165) is 36.1 Å². The Morgan fingerprint density at radius 2 is 2.04 bits per heavy atom. The molecule has 1 amide bonds. The van der Waals surface area contributed by atoms with E-state index in [4.69, 9.17) is 23.2 Å². The van der Waals surface area contributed by atoms with Crippen molar-refractivity contribution in [2.24, 2.45) is 0 Å². The van der Waals surface area contributed by atoms with Crippen LogP contribution in [0.5, 0.6) is 0 Å². The van der Waals surface area contributed by atoms with E-state index in [1.165, 1.54) is 6.07 Å². The Hall–Kier alpha value is -2.11. The van der Waals surface area contributed by atoms with Gasteiger partial charge in [-0.25, -0.2) is 9.97 Å². The van der Waals surface area contributed by atoms with Crippen molar-refractivity contribution in [2.45, 2.75) is 26.2 Å². The molecule has 124 valence electrons. The van der Waals surface area contributed by atoms with Gasteiger partial charge in [-0.2, -0.15) is 0 Å². The number of anilines is 1. The number of nitrogens with one attached hydrogen (secondary N) is 2. The third-order valence-corrected chi connectivity index (χ3v) is 4.10. The lowest BCUT2D eigenvalue weighted by atomic mass is 10.2. The van der Waals surface area contributed by atoms with Crippen molar-refractivity contribution in [1.82, 2.24) is 15.0 Å². The molecule has 0 unspecified atom stereocenters. The van der Waals surface area contributed by atoms with Gasteiger partial charge in [0.1, 0.15) is 16.7 Å². The van der Waals surface area contributed by atoms with E-state index < -0.39 is 5.91 Å². The Bertz CT molecular complexity index is 891. The summed E-state index contributed by atoms with van der Waals surface area (Å²) >= 11 is 11.8. The molecule has 0 fully saturated rings. The van der Waals surface area contributed by atoms with Crippen LogP contribution < -0.4 is 5.32 Å². The van der Waals surface area contributed by atoms with Crippen molar-refractivity contribution in [3.8, 4) is 0 Å². The van der Waals surface area contributed by atoms with Crippen LogP contribution in [0.1, 0.15) is 36.1 Å². The lowest BCUT2D eigenvalue weighted by Gasteiger charge is -2.06. The van der Waals surface area contributed by atoms with Gasteiger partial charge in [-0.15, -0.1) is 0 Å². The second-order valence-electron chi connectivity index (χ2n) is 5.44.